The first kappa shape index (κ1) is 10.9. The van der Waals surface area contributed by atoms with E-state index in [1.165, 1.54) is 4.40 Å². The number of hydrogen-bond acceptors (Lipinski definition) is 3. The highest BCUT2D eigenvalue weighted by Crippen LogP contribution is 2.07. The third kappa shape index (κ3) is 1.44. The maximum Gasteiger partial charge on any atom is 0.262 e. The molecule has 0 bridgehead atoms. The van der Waals surface area contributed by atoms with E-state index in [-0.39, 0.29) is 12.2 Å². The predicted molar refractivity (Wildman–Crippen MR) is 60.7 cm³/mol. The van der Waals surface area contributed by atoms with Crippen LogP contribution in [-0.4, -0.2) is 25.7 Å². The van der Waals surface area contributed by atoms with Crippen molar-refractivity contribution in [1.29, 1.82) is 0 Å². The fourth-order valence-electron chi connectivity index (χ4n) is 1.85. The summed E-state index contributed by atoms with van der Waals surface area (Å²) in [6.45, 7) is 3.69. The van der Waals surface area contributed by atoms with Crippen LogP contribution in [0.3, 0.4) is 0 Å². The Bertz CT molecular complexity index is 595. The lowest BCUT2D eigenvalue weighted by Gasteiger charge is -2.04. The van der Waals surface area contributed by atoms with Gasteiger partial charge in [-0.15, -0.1) is 0 Å². The van der Waals surface area contributed by atoms with Gasteiger partial charge in [-0.2, -0.15) is 0 Å². The van der Waals surface area contributed by atoms with Crippen LogP contribution in [0.5, 0.6) is 0 Å². The fraction of sp³-hybridized carbons (Fsp3) is 0.455. The lowest BCUT2D eigenvalue weighted by Crippen LogP contribution is -2.21. The summed E-state index contributed by atoms with van der Waals surface area (Å²) in [5.41, 5.74) is 2.18. The number of aryl methyl sites for hydroxylation is 3. The van der Waals surface area contributed by atoms with E-state index in [1.54, 1.807) is 13.1 Å². The van der Waals surface area contributed by atoms with Gasteiger partial charge in [-0.05, 0) is 13.8 Å². The summed E-state index contributed by atoms with van der Waals surface area (Å²) >= 11 is 0. The summed E-state index contributed by atoms with van der Waals surface area (Å²) in [6, 6.07) is 0. The van der Waals surface area contributed by atoms with Crippen molar-refractivity contribution in [3.05, 3.63) is 33.5 Å². The number of aliphatic hydroxyl groups is 1. The van der Waals surface area contributed by atoms with Crippen LogP contribution in [-0.2, 0) is 13.5 Å². The smallest absolute Gasteiger partial charge is 0.262 e. The third-order valence-electron chi connectivity index (χ3n) is 2.90. The molecule has 2 aromatic rings. The van der Waals surface area contributed by atoms with Gasteiger partial charge in [0, 0.05) is 37.5 Å². The summed E-state index contributed by atoms with van der Waals surface area (Å²) < 4.78 is 3.41. The zero-order chi connectivity index (χ0) is 11.9. The summed E-state index contributed by atoms with van der Waals surface area (Å²) in [5.74, 6) is 0.640. The molecule has 2 heterocycles. The lowest BCUT2D eigenvalue weighted by molar-refractivity contribution is 0.298. The van der Waals surface area contributed by atoms with E-state index in [2.05, 4.69) is 4.98 Å². The molecule has 0 aliphatic carbocycles. The molecule has 0 unspecified atom stereocenters. The molecule has 0 amide bonds. The van der Waals surface area contributed by atoms with Crippen molar-refractivity contribution >= 4 is 5.78 Å². The highest BCUT2D eigenvalue weighted by Gasteiger charge is 2.12. The normalized spacial score (nSPS) is 11.2. The van der Waals surface area contributed by atoms with Crippen LogP contribution in [0.25, 0.3) is 5.78 Å². The molecule has 16 heavy (non-hydrogen) atoms. The standard InChI is InChI=1S/C11H15N3O2/c1-7-6-14-10(16)9(4-5-15)8(2)12-11(14)13(7)3/h6,15H,4-5H2,1-3H3. The number of hydrogen-bond donors (Lipinski definition) is 1. The lowest BCUT2D eigenvalue weighted by atomic mass is 10.2. The first-order valence-electron chi connectivity index (χ1n) is 5.21. The Hall–Kier alpha value is -1.62. The average molecular weight is 221 g/mol. The maximum absolute atomic E-state index is 12.1. The Balaban J connectivity index is 2.84. The minimum absolute atomic E-state index is 0.0321. The predicted octanol–water partition coefficient (Wildman–Crippen LogP) is 0.185. The van der Waals surface area contributed by atoms with Crippen molar-refractivity contribution in [3.8, 4) is 0 Å². The summed E-state index contributed by atoms with van der Waals surface area (Å²) in [5, 5.41) is 8.92. The Morgan fingerprint density at radius 3 is 2.75 bits per heavy atom. The number of imidazole rings is 1. The van der Waals surface area contributed by atoms with Crippen molar-refractivity contribution in [2.75, 3.05) is 6.61 Å². The van der Waals surface area contributed by atoms with Gasteiger partial charge in [0.05, 0.1) is 5.69 Å². The van der Waals surface area contributed by atoms with Gasteiger partial charge in [-0.1, -0.05) is 0 Å². The number of nitrogens with zero attached hydrogens (tertiary/aromatic N) is 3. The molecule has 1 N–H and O–H groups in total. The highest BCUT2D eigenvalue weighted by molar-refractivity contribution is 5.36. The van der Waals surface area contributed by atoms with Crippen LogP contribution in [0.2, 0.25) is 0 Å². The van der Waals surface area contributed by atoms with Gasteiger partial charge in [-0.3, -0.25) is 9.20 Å². The van der Waals surface area contributed by atoms with Gasteiger partial charge in [0.25, 0.3) is 5.56 Å². The van der Waals surface area contributed by atoms with Crippen LogP contribution < -0.4 is 5.56 Å². The van der Waals surface area contributed by atoms with Gasteiger partial charge < -0.3 is 9.67 Å². The monoisotopic (exact) mass is 221 g/mol. The molecule has 0 fully saturated rings. The Morgan fingerprint density at radius 1 is 1.44 bits per heavy atom. The molecule has 2 aromatic heterocycles. The first-order chi connectivity index (χ1) is 7.56. The molecule has 5 heteroatoms. The fourth-order valence-corrected chi connectivity index (χ4v) is 1.85. The zero-order valence-electron chi connectivity index (χ0n) is 9.69. The van der Waals surface area contributed by atoms with E-state index in [4.69, 9.17) is 5.11 Å². The third-order valence-corrected chi connectivity index (χ3v) is 2.90. The molecule has 0 radical (unpaired) electrons. The highest BCUT2D eigenvalue weighted by atomic mass is 16.3. The summed E-state index contributed by atoms with van der Waals surface area (Å²) in [6.07, 6.45) is 2.12. The van der Waals surface area contributed by atoms with E-state index < -0.39 is 0 Å². The first-order valence-corrected chi connectivity index (χ1v) is 5.21. The molecule has 0 aliphatic heterocycles. The second-order valence-electron chi connectivity index (χ2n) is 3.95. The maximum atomic E-state index is 12.1. The molecule has 0 saturated carbocycles. The second kappa shape index (κ2) is 3.75. The largest absolute Gasteiger partial charge is 0.396 e. The van der Waals surface area contributed by atoms with Gasteiger partial charge in [-0.25, -0.2) is 4.98 Å². The van der Waals surface area contributed by atoms with Gasteiger partial charge in [0.15, 0.2) is 0 Å². The van der Waals surface area contributed by atoms with Crippen molar-refractivity contribution in [2.45, 2.75) is 20.3 Å². The molecule has 0 saturated heterocycles. The van der Waals surface area contributed by atoms with E-state index in [1.807, 2.05) is 18.5 Å². The van der Waals surface area contributed by atoms with E-state index in [0.717, 1.165) is 5.69 Å². The van der Waals surface area contributed by atoms with Crippen molar-refractivity contribution in [2.24, 2.45) is 7.05 Å². The second-order valence-corrected chi connectivity index (χ2v) is 3.95. The van der Waals surface area contributed by atoms with Crippen LogP contribution >= 0.6 is 0 Å². The number of rotatable bonds is 2. The van der Waals surface area contributed by atoms with Crippen molar-refractivity contribution in [3.63, 3.8) is 0 Å². The zero-order valence-corrected chi connectivity index (χ0v) is 9.69. The van der Waals surface area contributed by atoms with Crippen LogP contribution in [0.1, 0.15) is 17.0 Å². The summed E-state index contributed by atoms with van der Waals surface area (Å²) in [7, 11) is 1.88. The van der Waals surface area contributed by atoms with E-state index in [9.17, 15) is 4.79 Å². The molecule has 0 spiro atoms. The van der Waals surface area contributed by atoms with E-state index >= 15 is 0 Å². The van der Waals surface area contributed by atoms with Crippen LogP contribution in [0, 0.1) is 13.8 Å². The molecule has 86 valence electrons. The van der Waals surface area contributed by atoms with Gasteiger partial charge >= 0.3 is 0 Å². The molecular formula is C11H15N3O2. The number of fused-ring (bicyclic) bond motifs is 1. The molecule has 0 aliphatic rings. The Kier molecular flexibility index (Phi) is 2.55. The quantitative estimate of drug-likeness (QED) is 0.787. The topological polar surface area (TPSA) is 59.5 Å². The molecule has 0 atom stereocenters. The van der Waals surface area contributed by atoms with Crippen molar-refractivity contribution < 1.29 is 5.11 Å². The minimum atomic E-state index is -0.0831. The average Bonchev–Trinajstić information content (AvgIpc) is 2.52. The van der Waals surface area contributed by atoms with E-state index in [0.29, 0.717) is 23.5 Å². The van der Waals surface area contributed by atoms with Crippen LogP contribution in [0.4, 0.5) is 0 Å². The summed E-state index contributed by atoms with van der Waals surface area (Å²) in [4.78, 5) is 16.5. The minimum Gasteiger partial charge on any atom is -0.396 e. The molecule has 0 aromatic carbocycles. The SMILES string of the molecule is Cc1nc2n(C)c(C)cn2c(=O)c1CCO. The number of aromatic nitrogens is 3. The van der Waals surface area contributed by atoms with Crippen molar-refractivity contribution in [1.82, 2.24) is 14.0 Å². The van der Waals surface area contributed by atoms with Gasteiger partial charge in [0.2, 0.25) is 5.78 Å². The number of aliphatic hydroxyl groups excluding tert-OH is 1. The molecule has 2 rings (SSSR count). The van der Waals surface area contributed by atoms with Gasteiger partial charge in [0.1, 0.15) is 0 Å². The van der Waals surface area contributed by atoms with Crippen LogP contribution in [0.15, 0.2) is 11.0 Å². The Labute approximate surface area is 93.0 Å². The Morgan fingerprint density at radius 2 is 2.12 bits per heavy atom. The molecule has 5 nitrogen and oxygen atoms in total. The molecular weight excluding hydrogens is 206 g/mol.